The second-order valence-electron chi connectivity index (χ2n) is 6.14. The van der Waals surface area contributed by atoms with Crippen LogP contribution in [0.25, 0.3) is 10.9 Å². The van der Waals surface area contributed by atoms with Gasteiger partial charge >= 0.3 is 0 Å². The van der Waals surface area contributed by atoms with Crippen LogP contribution in [-0.4, -0.2) is 16.8 Å². The quantitative estimate of drug-likeness (QED) is 0.743. The molecule has 0 atom stereocenters. The number of halogens is 1. The highest BCUT2D eigenvalue weighted by molar-refractivity contribution is 6.12. The van der Waals surface area contributed by atoms with Crippen LogP contribution >= 0.6 is 0 Å². The van der Waals surface area contributed by atoms with Crippen LogP contribution in [0.5, 0.6) is 0 Å². The van der Waals surface area contributed by atoms with Gasteiger partial charge in [-0.15, -0.1) is 0 Å². The lowest BCUT2D eigenvalue weighted by atomic mass is 10.1. The molecule has 0 fully saturated rings. The van der Waals surface area contributed by atoms with Gasteiger partial charge < -0.3 is 10.6 Å². The van der Waals surface area contributed by atoms with E-state index in [1.165, 1.54) is 19.1 Å². The second-order valence-corrected chi connectivity index (χ2v) is 6.14. The maximum atomic E-state index is 13.5. The molecule has 26 heavy (non-hydrogen) atoms. The van der Waals surface area contributed by atoms with Crippen LogP contribution in [0.3, 0.4) is 0 Å². The number of rotatable bonds is 3. The smallest absolute Gasteiger partial charge is 0.256 e. The SMILES string of the molecule is CC(=O)Nc1cc(NC(=O)c2cc(C)nc3cc(F)ccc23)ccc1C. The summed E-state index contributed by atoms with van der Waals surface area (Å²) < 4.78 is 13.5. The lowest BCUT2D eigenvalue weighted by molar-refractivity contribution is -0.114. The van der Waals surface area contributed by atoms with Gasteiger partial charge in [-0.05, 0) is 49.7 Å². The van der Waals surface area contributed by atoms with Gasteiger partial charge in [0.05, 0.1) is 11.1 Å². The van der Waals surface area contributed by atoms with Crippen LogP contribution in [0.1, 0.15) is 28.5 Å². The van der Waals surface area contributed by atoms with Crippen LogP contribution in [0, 0.1) is 19.7 Å². The molecule has 6 heteroatoms. The van der Waals surface area contributed by atoms with Crippen molar-refractivity contribution in [2.24, 2.45) is 0 Å². The highest BCUT2D eigenvalue weighted by atomic mass is 19.1. The summed E-state index contributed by atoms with van der Waals surface area (Å²) in [5.41, 5.74) is 3.53. The van der Waals surface area contributed by atoms with Crippen LogP contribution in [0.2, 0.25) is 0 Å². The molecular weight excluding hydrogens is 333 g/mol. The molecule has 1 heterocycles. The number of amides is 2. The molecule has 0 saturated heterocycles. The molecule has 0 aliphatic carbocycles. The van der Waals surface area contributed by atoms with Gasteiger partial charge in [-0.3, -0.25) is 14.6 Å². The molecule has 2 amide bonds. The minimum atomic E-state index is -0.402. The first-order valence-electron chi connectivity index (χ1n) is 8.10. The summed E-state index contributed by atoms with van der Waals surface area (Å²) in [5.74, 6) is -0.917. The lowest BCUT2D eigenvalue weighted by Crippen LogP contribution is -2.14. The number of carbonyl (C=O) groups is 2. The number of pyridine rings is 1. The third kappa shape index (κ3) is 3.69. The van der Waals surface area contributed by atoms with Gasteiger partial charge in [0, 0.05) is 35.4 Å². The second kappa shape index (κ2) is 6.92. The Bertz CT molecular complexity index is 1030. The average Bonchev–Trinajstić information content (AvgIpc) is 2.56. The highest BCUT2D eigenvalue weighted by Crippen LogP contribution is 2.23. The van der Waals surface area contributed by atoms with E-state index in [4.69, 9.17) is 0 Å². The summed E-state index contributed by atoms with van der Waals surface area (Å²) in [6.07, 6.45) is 0. The van der Waals surface area contributed by atoms with Crippen LogP contribution in [0.4, 0.5) is 15.8 Å². The molecule has 5 nitrogen and oxygen atoms in total. The van der Waals surface area contributed by atoms with Gasteiger partial charge in [0.1, 0.15) is 5.82 Å². The number of nitrogens with zero attached hydrogens (tertiary/aromatic N) is 1. The van der Waals surface area contributed by atoms with Gasteiger partial charge in [0.2, 0.25) is 5.91 Å². The zero-order chi connectivity index (χ0) is 18.8. The van der Waals surface area contributed by atoms with Gasteiger partial charge in [0.15, 0.2) is 0 Å². The number of anilines is 2. The number of fused-ring (bicyclic) bond motifs is 1. The molecule has 0 aliphatic heterocycles. The molecule has 0 radical (unpaired) electrons. The number of nitrogens with one attached hydrogen (secondary N) is 2. The van der Waals surface area contributed by atoms with E-state index in [2.05, 4.69) is 15.6 Å². The summed E-state index contributed by atoms with van der Waals surface area (Å²) in [5, 5.41) is 6.12. The molecule has 3 aromatic rings. The molecule has 0 bridgehead atoms. The van der Waals surface area contributed by atoms with Crippen molar-refractivity contribution in [3.63, 3.8) is 0 Å². The van der Waals surface area contributed by atoms with Crippen LogP contribution in [0.15, 0.2) is 42.5 Å². The molecule has 132 valence electrons. The van der Waals surface area contributed by atoms with Crippen molar-refractivity contribution in [1.29, 1.82) is 0 Å². The first-order chi connectivity index (χ1) is 12.3. The van der Waals surface area contributed by atoms with Crippen molar-refractivity contribution in [1.82, 2.24) is 4.98 Å². The summed E-state index contributed by atoms with van der Waals surface area (Å²) in [7, 11) is 0. The first-order valence-corrected chi connectivity index (χ1v) is 8.10. The molecule has 3 rings (SSSR count). The van der Waals surface area contributed by atoms with Crippen molar-refractivity contribution in [2.45, 2.75) is 20.8 Å². The van der Waals surface area contributed by atoms with E-state index >= 15 is 0 Å². The van der Waals surface area contributed by atoms with E-state index < -0.39 is 5.82 Å². The van der Waals surface area contributed by atoms with E-state index in [0.29, 0.717) is 33.5 Å². The predicted octanol–water partition coefficient (Wildman–Crippen LogP) is 4.20. The fourth-order valence-electron chi connectivity index (χ4n) is 2.74. The zero-order valence-corrected chi connectivity index (χ0v) is 14.7. The Balaban J connectivity index is 1.96. The summed E-state index contributed by atoms with van der Waals surface area (Å²) in [4.78, 5) is 28.3. The van der Waals surface area contributed by atoms with Crippen molar-refractivity contribution in [3.8, 4) is 0 Å². The fraction of sp³-hybridized carbons (Fsp3) is 0.150. The molecule has 1 aromatic heterocycles. The monoisotopic (exact) mass is 351 g/mol. The summed E-state index contributed by atoms with van der Waals surface area (Å²) in [6.45, 7) is 5.04. The molecule has 2 aromatic carbocycles. The average molecular weight is 351 g/mol. The summed E-state index contributed by atoms with van der Waals surface area (Å²) in [6, 6.07) is 11.1. The van der Waals surface area contributed by atoms with Crippen molar-refractivity contribution >= 4 is 34.1 Å². The standard InChI is InChI=1S/C20H18FN3O2/c1-11-4-6-15(10-18(11)23-13(3)25)24-20(26)17-8-12(2)22-19-9-14(21)5-7-16(17)19/h4-10H,1-3H3,(H,23,25)(H,24,26). The Morgan fingerprint density at radius 2 is 1.77 bits per heavy atom. The molecule has 2 N–H and O–H groups in total. The maximum Gasteiger partial charge on any atom is 0.256 e. The highest BCUT2D eigenvalue weighted by Gasteiger charge is 2.14. The normalized spacial score (nSPS) is 10.6. The van der Waals surface area contributed by atoms with Crippen molar-refractivity contribution in [2.75, 3.05) is 10.6 Å². The van der Waals surface area contributed by atoms with Gasteiger partial charge in [-0.25, -0.2) is 4.39 Å². The zero-order valence-electron chi connectivity index (χ0n) is 14.7. The van der Waals surface area contributed by atoms with Crippen LogP contribution < -0.4 is 10.6 Å². The minimum absolute atomic E-state index is 0.186. The topological polar surface area (TPSA) is 71.1 Å². The Morgan fingerprint density at radius 1 is 1.00 bits per heavy atom. The van der Waals surface area contributed by atoms with Crippen LogP contribution in [-0.2, 0) is 4.79 Å². The number of benzene rings is 2. The number of carbonyl (C=O) groups excluding carboxylic acids is 2. The Kier molecular flexibility index (Phi) is 4.67. The van der Waals surface area contributed by atoms with Crippen molar-refractivity contribution < 1.29 is 14.0 Å². The van der Waals surface area contributed by atoms with E-state index in [1.54, 1.807) is 31.2 Å². The Morgan fingerprint density at radius 3 is 2.50 bits per heavy atom. The number of hydrogen-bond acceptors (Lipinski definition) is 3. The molecule has 0 saturated carbocycles. The van der Waals surface area contributed by atoms with Crippen molar-refractivity contribution in [3.05, 3.63) is 65.1 Å². The number of aromatic nitrogens is 1. The molecule has 0 aliphatic rings. The number of aryl methyl sites for hydroxylation is 2. The Hall–Kier alpha value is -3.28. The molecule has 0 spiro atoms. The third-order valence-electron chi connectivity index (χ3n) is 3.95. The van der Waals surface area contributed by atoms with Gasteiger partial charge in [-0.2, -0.15) is 0 Å². The van der Waals surface area contributed by atoms with E-state index in [1.807, 2.05) is 13.0 Å². The Labute approximate surface area is 150 Å². The molecule has 0 unspecified atom stereocenters. The summed E-state index contributed by atoms with van der Waals surface area (Å²) >= 11 is 0. The largest absolute Gasteiger partial charge is 0.326 e. The van der Waals surface area contributed by atoms with Gasteiger partial charge in [0.25, 0.3) is 5.91 Å². The molecular formula is C20H18FN3O2. The first kappa shape index (κ1) is 17.5. The van der Waals surface area contributed by atoms with Gasteiger partial charge in [-0.1, -0.05) is 6.07 Å². The van der Waals surface area contributed by atoms with E-state index in [0.717, 1.165) is 5.56 Å². The minimum Gasteiger partial charge on any atom is -0.326 e. The number of hydrogen-bond donors (Lipinski definition) is 2. The van der Waals surface area contributed by atoms with E-state index in [-0.39, 0.29) is 11.8 Å². The predicted molar refractivity (Wildman–Crippen MR) is 99.9 cm³/mol. The third-order valence-corrected chi connectivity index (χ3v) is 3.95. The fourth-order valence-corrected chi connectivity index (χ4v) is 2.74. The van der Waals surface area contributed by atoms with E-state index in [9.17, 15) is 14.0 Å². The maximum absolute atomic E-state index is 13.5. The lowest BCUT2D eigenvalue weighted by Gasteiger charge is -2.12.